The molecule has 0 amide bonds. The van der Waals surface area contributed by atoms with Crippen LogP contribution < -0.4 is 11.4 Å². The zero-order valence-electron chi connectivity index (χ0n) is 12.6. The van der Waals surface area contributed by atoms with E-state index in [4.69, 9.17) is 8.83 Å². The number of fused-ring (bicyclic) bond motifs is 4. The number of rotatable bonds is 1. The van der Waals surface area contributed by atoms with Crippen LogP contribution in [0.5, 0.6) is 0 Å². The lowest BCUT2D eigenvalue weighted by Gasteiger charge is -2.16. The average Bonchev–Trinajstić information content (AvgIpc) is 2.80. The summed E-state index contributed by atoms with van der Waals surface area (Å²) in [6.07, 6.45) is 3.75. The second-order valence-electron chi connectivity index (χ2n) is 6.20. The first-order chi connectivity index (χ1) is 10.6. The molecular formula is C17H17NO4. The predicted molar refractivity (Wildman–Crippen MR) is 83.5 cm³/mol. The van der Waals surface area contributed by atoms with Gasteiger partial charge in [-0.25, -0.2) is 9.59 Å². The molecule has 0 bridgehead atoms. The molecule has 0 atom stereocenters. The summed E-state index contributed by atoms with van der Waals surface area (Å²) in [4.78, 5) is 24.1. The Bertz CT molecular complexity index is 1000. The fraction of sp³-hybridized carbons (Fsp3) is 0.412. The summed E-state index contributed by atoms with van der Waals surface area (Å²) < 4.78 is 12.4. The quantitative estimate of drug-likeness (QED) is 0.647. The van der Waals surface area contributed by atoms with E-state index in [9.17, 15) is 9.59 Å². The molecule has 3 aromatic rings. The molecular weight excluding hydrogens is 282 g/mol. The molecule has 0 N–H and O–H groups in total. The molecule has 5 nitrogen and oxygen atoms in total. The summed E-state index contributed by atoms with van der Waals surface area (Å²) in [6.45, 7) is 3.89. The van der Waals surface area contributed by atoms with Crippen LogP contribution in [-0.2, 0) is 12.8 Å². The molecule has 0 fully saturated rings. The second kappa shape index (κ2) is 4.60. The Labute approximate surface area is 126 Å². The third-order valence-electron chi connectivity index (χ3n) is 4.47. The number of nitrogens with zero attached hydrogens (tertiary/aromatic N) is 1. The van der Waals surface area contributed by atoms with Crippen molar-refractivity contribution in [2.75, 3.05) is 0 Å². The van der Waals surface area contributed by atoms with E-state index in [2.05, 4.69) is 0 Å². The Hall–Kier alpha value is -2.30. The van der Waals surface area contributed by atoms with E-state index >= 15 is 0 Å². The van der Waals surface area contributed by atoms with Crippen molar-refractivity contribution in [3.63, 3.8) is 0 Å². The largest absolute Gasteiger partial charge is 0.422 e. The molecule has 2 heterocycles. The minimum atomic E-state index is -0.378. The van der Waals surface area contributed by atoms with Crippen molar-refractivity contribution in [2.24, 2.45) is 0 Å². The van der Waals surface area contributed by atoms with Crippen LogP contribution in [0.25, 0.3) is 22.1 Å². The van der Waals surface area contributed by atoms with Crippen LogP contribution in [-0.4, -0.2) is 4.57 Å². The third-order valence-corrected chi connectivity index (χ3v) is 4.47. The summed E-state index contributed by atoms with van der Waals surface area (Å²) in [7, 11) is 0. The van der Waals surface area contributed by atoms with Gasteiger partial charge in [0.15, 0.2) is 5.58 Å². The van der Waals surface area contributed by atoms with Gasteiger partial charge in [0, 0.05) is 23.1 Å². The van der Waals surface area contributed by atoms with Crippen molar-refractivity contribution in [2.45, 2.75) is 45.6 Å². The van der Waals surface area contributed by atoms with E-state index in [1.54, 1.807) is 10.6 Å². The monoisotopic (exact) mass is 299 g/mol. The summed E-state index contributed by atoms with van der Waals surface area (Å²) in [6, 6.07) is 3.61. The number of aryl methyl sites for hydroxylation is 1. The first-order valence-electron chi connectivity index (χ1n) is 7.70. The van der Waals surface area contributed by atoms with Gasteiger partial charge < -0.3 is 8.83 Å². The summed E-state index contributed by atoms with van der Waals surface area (Å²) in [5.41, 5.74) is 3.33. The maximum absolute atomic E-state index is 12.1. The van der Waals surface area contributed by atoms with Gasteiger partial charge in [0.1, 0.15) is 5.58 Å². The molecule has 114 valence electrons. The molecule has 0 unspecified atom stereocenters. The van der Waals surface area contributed by atoms with E-state index in [-0.39, 0.29) is 17.4 Å². The van der Waals surface area contributed by atoms with Crippen LogP contribution in [0.3, 0.4) is 0 Å². The molecule has 1 aliphatic rings. The maximum atomic E-state index is 12.1. The highest BCUT2D eigenvalue weighted by Crippen LogP contribution is 2.30. The highest BCUT2D eigenvalue weighted by atomic mass is 16.4. The van der Waals surface area contributed by atoms with Crippen molar-refractivity contribution >= 4 is 22.1 Å². The molecule has 0 spiro atoms. The minimum absolute atomic E-state index is 0.0118. The Morgan fingerprint density at radius 1 is 1.00 bits per heavy atom. The van der Waals surface area contributed by atoms with Crippen LogP contribution in [0.2, 0.25) is 0 Å². The molecule has 0 saturated carbocycles. The van der Waals surface area contributed by atoms with Gasteiger partial charge in [-0.3, -0.25) is 4.57 Å². The van der Waals surface area contributed by atoms with Gasteiger partial charge in [0.05, 0.1) is 5.52 Å². The number of hydrogen-bond acceptors (Lipinski definition) is 4. The lowest BCUT2D eigenvalue weighted by molar-refractivity contribution is 0.478. The van der Waals surface area contributed by atoms with Crippen LogP contribution in [0.4, 0.5) is 0 Å². The Morgan fingerprint density at radius 3 is 2.45 bits per heavy atom. The van der Waals surface area contributed by atoms with Crippen molar-refractivity contribution in [1.82, 2.24) is 4.57 Å². The Morgan fingerprint density at radius 2 is 1.73 bits per heavy atom. The molecule has 1 aromatic carbocycles. The average molecular weight is 299 g/mol. The molecule has 22 heavy (non-hydrogen) atoms. The first kappa shape index (κ1) is 13.4. The van der Waals surface area contributed by atoms with Crippen LogP contribution in [0, 0.1) is 0 Å². The fourth-order valence-corrected chi connectivity index (χ4v) is 3.46. The van der Waals surface area contributed by atoms with Gasteiger partial charge >= 0.3 is 11.4 Å². The van der Waals surface area contributed by atoms with Crippen molar-refractivity contribution < 1.29 is 8.83 Å². The number of oxazole rings is 1. The molecule has 1 aliphatic carbocycles. The van der Waals surface area contributed by atoms with Gasteiger partial charge in [-0.05, 0) is 51.2 Å². The van der Waals surface area contributed by atoms with Gasteiger partial charge in [-0.1, -0.05) is 0 Å². The molecule has 0 saturated heterocycles. The normalized spacial score (nSPS) is 14.9. The van der Waals surface area contributed by atoms with Crippen molar-refractivity contribution in [1.29, 1.82) is 0 Å². The van der Waals surface area contributed by atoms with Crippen molar-refractivity contribution in [3.05, 3.63) is 44.2 Å². The lowest BCUT2D eigenvalue weighted by atomic mass is 9.90. The van der Waals surface area contributed by atoms with Crippen molar-refractivity contribution in [3.8, 4) is 0 Å². The lowest BCUT2D eigenvalue weighted by Crippen LogP contribution is -2.17. The van der Waals surface area contributed by atoms with E-state index in [0.717, 1.165) is 47.7 Å². The van der Waals surface area contributed by atoms with E-state index in [0.29, 0.717) is 11.2 Å². The predicted octanol–water partition coefficient (Wildman–Crippen LogP) is 3.16. The van der Waals surface area contributed by atoms with Gasteiger partial charge in [-0.15, -0.1) is 0 Å². The number of benzene rings is 1. The summed E-state index contributed by atoms with van der Waals surface area (Å²) >= 11 is 0. The topological polar surface area (TPSA) is 65.3 Å². The molecule has 2 aromatic heterocycles. The van der Waals surface area contributed by atoms with Crippen LogP contribution in [0.15, 0.2) is 30.6 Å². The molecule has 0 radical (unpaired) electrons. The maximum Gasteiger partial charge on any atom is 0.420 e. The van der Waals surface area contributed by atoms with Crippen LogP contribution >= 0.6 is 0 Å². The minimum Gasteiger partial charge on any atom is -0.422 e. The van der Waals surface area contributed by atoms with Crippen LogP contribution in [0.1, 0.15) is 43.9 Å². The van der Waals surface area contributed by atoms with E-state index in [1.807, 2.05) is 19.9 Å². The Balaban J connectivity index is 2.16. The Kier molecular flexibility index (Phi) is 2.79. The van der Waals surface area contributed by atoms with E-state index < -0.39 is 0 Å². The SMILES string of the molecule is CC(C)n1c(=O)oc2cc3oc(=O)c4c(c3cc21)CCCC4. The summed E-state index contributed by atoms with van der Waals surface area (Å²) in [5.74, 6) is -0.378. The van der Waals surface area contributed by atoms with Gasteiger partial charge in [0.2, 0.25) is 0 Å². The number of aromatic nitrogens is 1. The zero-order chi connectivity index (χ0) is 15.4. The third kappa shape index (κ3) is 1.78. The molecule has 0 aliphatic heterocycles. The first-order valence-corrected chi connectivity index (χ1v) is 7.70. The zero-order valence-corrected chi connectivity index (χ0v) is 12.6. The molecule has 4 rings (SSSR count). The van der Waals surface area contributed by atoms with Gasteiger partial charge in [0.25, 0.3) is 0 Å². The smallest absolute Gasteiger partial charge is 0.420 e. The van der Waals surface area contributed by atoms with E-state index in [1.165, 1.54) is 0 Å². The van der Waals surface area contributed by atoms with Gasteiger partial charge in [-0.2, -0.15) is 0 Å². The number of hydrogen-bond donors (Lipinski definition) is 0. The molecule has 5 heteroatoms. The second-order valence-corrected chi connectivity index (χ2v) is 6.20. The summed E-state index contributed by atoms with van der Waals surface area (Å²) in [5, 5.41) is 0.928. The highest BCUT2D eigenvalue weighted by molar-refractivity contribution is 5.93. The fourth-order valence-electron chi connectivity index (χ4n) is 3.46. The highest BCUT2D eigenvalue weighted by Gasteiger charge is 2.20. The standard InChI is InChI=1S/C17H17NO4/c1-9(2)18-13-7-12-10-5-3-4-6-11(10)16(19)21-14(12)8-15(13)22-17(18)20/h7-9H,3-6H2,1-2H3.